The van der Waals surface area contributed by atoms with Crippen LogP contribution in [0.5, 0.6) is 0 Å². The number of carbonyl (C=O) groups is 2. The van der Waals surface area contributed by atoms with Crippen LogP contribution >= 0.6 is 15.9 Å². The van der Waals surface area contributed by atoms with Crippen molar-refractivity contribution in [2.24, 2.45) is 0 Å². The minimum absolute atomic E-state index is 0.108. The second-order valence-electron chi connectivity index (χ2n) is 6.01. The van der Waals surface area contributed by atoms with Gasteiger partial charge in [-0.1, -0.05) is 46.3 Å². The third-order valence-corrected chi connectivity index (χ3v) is 5.26. The fourth-order valence-electron chi connectivity index (χ4n) is 3.72. The molecule has 0 saturated heterocycles. The summed E-state index contributed by atoms with van der Waals surface area (Å²) in [6, 6.07) is 15.2. The molecule has 116 valence electrons. The van der Waals surface area contributed by atoms with Crippen LogP contribution in [0.25, 0.3) is 0 Å². The molecule has 1 saturated carbocycles. The molecule has 23 heavy (non-hydrogen) atoms. The molecule has 1 N–H and O–H groups in total. The van der Waals surface area contributed by atoms with Gasteiger partial charge in [-0.2, -0.15) is 0 Å². The summed E-state index contributed by atoms with van der Waals surface area (Å²) in [5.74, 6) is -0.496. The maximum atomic E-state index is 12.7. The van der Waals surface area contributed by atoms with Gasteiger partial charge in [-0.25, -0.2) is 0 Å². The molecule has 5 heteroatoms. The molecule has 1 aliphatic carbocycles. The summed E-state index contributed by atoms with van der Waals surface area (Å²) in [5.41, 5.74) is 0.764. The highest BCUT2D eigenvalue weighted by molar-refractivity contribution is 9.10. The number of hydrogen-bond donors (Lipinski definition) is 1. The smallest absolute Gasteiger partial charge is 0.303 e. The van der Waals surface area contributed by atoms with Gasteiger partial charge in [-0.3, -0.25) is 9.59 Å². The van der Waals surface area contributed by atoms with Crippen molar-refractivity contribution in [3.8, 4) is 0 Å². The van der Waals surface area contributed by atoms with Gasteiger partial charge in [-0.15, -0.1) is 0 Å². The van der Waals surface area contributed by atoms with Gasteiger partial charge in [-0.05, 0) is 29.3 Å². The molecule has 0 aromatic heterocycles. The summed E-state index contributed by atoms with van der Waals surface area (Å²) in [7, 11) is 0. The standard InChI is InChI=1S/C18H14BrNO3/c1-11(21)23-18(12-6-8-13(19)9-7-12)10-17(18)14-4-2-3-5-15(14)20-16(17)22/h2-9H,10H2,1H3,(H,20,22)/t17-,18+/m0/s1. The minimum Gasteiger partial charge on any atom is -0.453 e. The number of nitrogens with one attached hydrogen (secondary N) is 1. The van der Waals surface area contributed by atoms with Gasteiger partial charge in [0.25, 0.3) is 0 Å². The van der Waals surface area contributed by atoms with E-state index in [1.54, 1.807) is 0 Å². The molecule has 2 aromatic carbocycles. The molecule has 2 aromatic rings. The largest absolute Gasteiger partial charge is 0.453 e. The predicted octanol–water partition coefficient (Wildman–Crippen LogP) is 3.50. The summed E-state index contributed by atoms with van der Waals surface area (Å²) in [5, 5.41) is 2.92. The first kappa shape index (κ1) is 14.5. The lowest BCUT2D eigenvalue weighted by Crippen LogP contribution is -2.32. The van der Waals surface area contributed by atoms with Crippen LogP contribution in [0.3, 0.4) is 0 Å². The average molecular weight is 372 g/mol. The number of ether oxygens (including phenoxy) is 1. The quantitative estimate of drug-likeness (QED) is 0.821. The lowest BCUT2D eigenvalue weighted by atomic mass is 9.89. The molecular formula is C18H14BrNO3. The highest BCUT2D eigenvalue weighted by Gasteiger charge is 2.79. The molecule has 4 rings (SSSR count). The second-order valence-corrected chi connectivity index (χ2v) is 6.93. The van der Waals surface area contributed by atoms with Gasteiger partial charge in [0.1, 0.15) is 5.41 Å². The molecule has 1 aliphatic heterocycles. The van der Waals surface area contributed by atoms with Crippen molar-refractivity contribution in [1.29, 1.82) is 0 Å². The fourth-order valence-corrected chi connectivity index (χ4v) is 3.98. The first-order valence-corrected chi connectivity index (χ1v) is 8.15. The van der Waals surface area contributed by atoms with E-state index in [4.69, 9.17) is 4.74 Å². The Kier molecular flexibility index (Phi) is 2.94. The van der Waals surface area contributed by atoms with E-state index >= 15 is 0 Å². The number of esters is 1. The van der Waals surface area contributed by atoms with E-state index in [0.717, 1.165) is 21.3 Å². The lowest BCUT2D eigenvalue weighted by molar-refractivity contribution is -0.151. The van der Waals surface area contributed by atoms with Crippen LogP contribution in [-0.4, -0.2) is 11.9 Å². The SMILES string of the molecule is CC(=O)O[C@@]1(c2ccc(Br)cc2)C[C@]12C(=O)Nc1ccccc12. The van der Waals surface area contributed by atoms with E-state index < -0.39 is 11.0 Å². The Bertz CT molecular complexity index is 832. The topological polar surface area (TPSA) is 55.4 Å². The summed E-state index contributed by atoms with van der Waals surface area (Å²) in [6.07, 6.45) is 0.462. The number of anilines is 1. The highest BCUT2D eigenvalue weighted by Crippen LogP contribution is 2.69. The second kappa shape index (κ2) is 4.68. The molecule has 4 nitrogen and oxygen atoms in total. The van der Waals surface area contributed by atoms with Crippen LogP contribution in [0, 0.1) is 0 Å². The molecule has 0 radical (unpaired) electrons. The van der Waals surface area contributed by atoms with Gasteiger partial charge in [0.2, 0.25) is 5.91 Å². The Hall–Kier alpha value is -2.14. The summed E-state index contributed by atoms with van der Waals surface area (Å²) in [4.78, 5) is 24.5. The summed E-state index contributed by atoms with van der Waals surface area (Å²) < 4.78 is 6.66. The number of para-hydroxylation sites is 1. The molecule has 0 bridgehead atoms. The van der Waals surface area contributed by atoms with E-state index in [0.29, 0.717) is 6.42 Å². The summed E-state index contributed by atoms with van der Waals surface area (Å²) in [6.45, 7) is 1.38. The number of amides is 1. The Balaban J connectivity index is 1.89. The summed E-state index contributed by atoms with van der Waals surface area (Å²) >= 11 is 3.41. The normalized spacial score (nSPS) is 27.5. The number of carbonyl (C=O) groups excluding carboxylic acids is 2. The number of hydrogen-bond acceptors (Lipinski definition) is 3. The molecule has 1 amide bonds. The van der Waals surface area contributed by atoms with Crippen molar-refractivity contribution in [3.05, 3.63) is 64.1 Å². The van der Waals surface area contributed by atoms with Crippen LogP contribution in [0.4, 0.5) is 5.69 Å². The molecule has 0 unspecified atom stereocenters. The van der Waals surface area contributed by atoms with Gasteiger partial charge >= 0.3 is 5.97 Å². The highest BCUT2D eigenvalue weighted by atomic mass is 79.9. The maximum absolute atomic E-state index is 12.7. The van der Waals surface area contributed by atoms with Crippen molar-refractivity contribution < 1.29 is 14.3 Å². The van der Waals surface area contributed by atoms with Crippen LogP contribution in [-0.2, 0) is 25.3 Å². The number of halogens is 1. The number of benzene rings is 2. The third kappa shape index (κ3) is 1.83. The number of fused-ring (bicyclic) bond motifs is 2. The van der Waals surface area contributed by atoms with Crippen molar-refractivity contribution >= 4 is 33.5 Å². The average Bonchev–Trinajstić information content (AvgIpc) is 3.09. The maximum Gasteiger partial charge on any atom is 0.303 e. The predicted molar refractivity (Wildman–Crippen MR) is 89.0 cm³/mol. The molecular weight excluding hydrogens is 358 g/mol. The van der Waals surface area contributed by atoms with E-state index in [2.05, 4.69) is 21.2 Å². The van der Waals surface area contributed by atoms with Crippen LogP contribution in [0.15, 0.2) is 53.0 Å². The van der Waals surface area contributed by atoms with Gasteiger partial charge in [0.15, 0.2) is 5.60 Å². The third-order valence-electron chi connectivity index (χ3n) is 4.73. The van der Waals surface area contributed by atoms with Crippen LogP contribution in [0.2, 0.25) is 0 Å². The molecule has 2 atom stereocenters. The Morgan fingerprint density at radius 2 is 1.87 bits per heavy atom. The number of rotatable bonds is 2. The molecule has 1 spiro atoms. The molecule has 1 heterocycles. The fraction of sp³-hybridized carbons (Fsp3) is 0.222. The van der Waals surface area contributed by atoms with Gasteiger partial charge in [0, 0.05) is 23.5 Å². The van der Waals surface area contributed by atoms with Crippen molar-refractivity contribution in [2.45, 2.75) is 24.4 Å². The van der Waals surface area contributed by atoms with Crippen molar-refractivity contribution in [2.75, 3.05) is 5.32 Å². The van der Waals surface area contributed by atoms with Gasteiger partial charge < -0.3 is 10.1 Å². The van der Waals surface area contributed by atoms with Gasteiger partial charge in [0.05, 0.1) is 0 Å². The monoisotopic (exact) mass is 371 g/mol. The minimum atomic E-state index is -0.934. The molecule has 1 fully saturated rings. The zero-order chi connectivity index (χ0) is 16.2. The van der Waals surface area contributed by atoms with E-state index in [1.807, 2.05) is 48.5 Å². The van der Waals surface area contributed by atoms with Crippen LogP contribution < -0.4 is 5.32 Å². The zero-order valence-corrected chi connectivity index (χ0v) is 14.0. The van der Waals surface area contributed by atoms with Crippen molar-refractivity contribution in [3.63, 3.8) is 0 Å². The Labute approximate surface area is 142 Å². The van der Waals surface area contributed by atoms with E-state index in [-0.39, 0.29) is 11.9 Å². The Morgan fingerprint density at radius 1 is 1.17 bits per heavy atom. The molecule has 2 aliphatic rings. The van der Waals surface area contributed by atoms with E-state index in [1.165, 1.54) is 6.92 Å². The van der Waals surface area contributed by atoms with E-state index in [9.17, 15) is 9.59 Å². The van der Waals surface area contributed by atoms with Crippen molar-refractivity contribution in [1.82, 2.24) is 0 Å². The zero-order valence-electron chi connectivity index (χ0n) is 12.4. The first-order chi connectivity index (χ1) is 11.0. The Morgan fingerprint density at radius 3 is 2.57 bits per heavy atom. The lowest BCUT2D eigenvalue weighted by Gasteiger charge is -2.22. The van der Waals surface area contributed by atoms with Crippen LogP contribution in [0.1, 0.15) is 24.5 Å². The first-order valence-electron chi connectivity index (χ1n) is 7.36.